The first kappa shape index (κ1) is 19.9. The Kier molecular flexibility index (Phi) is 7.27. The fraction of sp³-hybridized carbons (Fsp3) is 0.636. The lowest BCUT2D eigenvalue weighted by molar-refractivity contribution is -0.159. The van der Waals surface area contributed by atoms with E-state index in [-0.39, 0.29) is 23.9 Å². The number of hydrogen-bond donors (Lipinski definition) is 0. The molecule has 2 aliphatic heterocycles. The number of likely N-dealkylation sites (N-methyl/N-ethyl adjacent to an activating group) is 1. The van der Waals surface area contributed by atoms with Gasteiger partial charge in [0.25, 0.3) is 0 Å². The second-order valence-corrected chi connectivity index (χ2v) is 7.74. The third-order valence-electron chi connectivity index (χ3n) is 5.84. The maximum absolute atomic E-state index is 12.5. The molecule has 2 heterocycles. The Morgan fingerprint density at radius 1 is 1.07 bits per heavy atom. The van der Waals surface area contributed by atoms with E-state index in [4.69, 9.17) is 4.74 Å². The number of nitrogens with zero attached hydrogens (tertiary/aromatic N) is 2. The molecule has 148 valence electrons. The minimum atomic E-state index is -0.0608. The zero-order chi connectivity index (χ0) is 19.1. The largest absolute Gasteiger partial charge is 0.461 e. The Labute approximate surface area is 162 Å². The first-order chi connectivity index (χ1) is 13.2. The monoisotopic (exact) mass is 372 g/mol. The van der Waals surface area contributed by atoms with Crippen LogP contribution in [0, 0.1) is 5.92 Å². The molecule has 0 radical (unpaired) electrons. The van der Waals surface area contributed by atoms with E-state index < -0.39 is 0 Å². The SMILES string of the molecule is CCN1CCCC(OC(=O)C2CCN(C(=O)CCc3ccccc3)CC2)C1. The van der Waals surface area contributed by atoms with Crippen molar-refractivity contribution in [3.63, 3.8) is 0 Å². The van der Waals surface area contributed by atoms with Crippen LogP contribution < -0.4 is 0 Å². The highest BCUT2D eigenvalue weighted by atomic mass is 16.5. The summed E-state index contributed by atoms with van der Waals surface area (Å²) in [5.41, 5.74) is 1.19. The van der Waals surface area contributed by atoms with Crippen molar-refractivity contribution in [2.75, 3.05) is 32.7 Å². The number of esters is 1. The van der Waals surface area contributed by atoms with Gasteiger partial charge in [-0.25, -0.2) is 0 Å². The van der Waals surface area contributed by atoms with E-state index in [9.17, 15) is 9.59 Å². The first-order valence-electron chi connectivity index (χ1n) is 10.4. The van der Waals surface area contributed by atoms with Crippen LogP contribution >= 0.6 is 0 Å². The Bertz CT molecular complexity index is 611. The van der Waals surface area contributed by atoms with Gasteiger partial charge in [-0.05, 0) is 50.8 Å². The lowest BCUT2D eigenvalue weighted by atomic mass is 9.96. The number of hydrogen-bond acceptors (Lipinski definition) is 4. The van der Waals surface area contributed by atoms with Crippen LogP contribution in [0.3, 0.4) is 0 Å². The van der Waals surface area contributed by atoms with Crippen molar-refractivity contribution >= 4 is 11.9 Å². The van der Waals surface area contributed by atoms with Gasteiger partial charge in [0.2, 0.25) is 5.91 Å². The number of rotatable bonds is 6. The van der Waals surface area contributed by atoms with Crippen molar-refractivity contribution in [2.24, 2.45) is 5.92 Å². The molecule has 5 heteroatoms. The molecule has 2 fully saturated rings. The van der Waals surface area contributed by atoms with Crippen molar-refractivity contribution in [1.29, 1.82) is 0 Å². The van der Waals surface area contributed by atoms with E-state index in [1.807, 2.05) is 23.1 Å². The number of aryl methyl sites for hydroxylation is 1. The van der Waals surface area contributed by atoms with Crippen molar-refractivity contribution in [2.45, 2.75) is 51.6 Å². The van der Waals surface area contributed by atoms with E-state index in [1.165, 1.54) is 5.56 Å². The van der Waals surface area contributed by atoms with E-state index in [1.54, 1.807) is 0 Å². The first-order valence-corrected chi connectivity index (χ1v) is 10.4. The average Bonchev–Trinajstić information content (AvgIpc) is 2.73. The van der Waals surface area contributed by atoms with E-state index in [0.717, 1.165) is 51.7 Å². The summed E-state index contributed by atoms with van der Waals surface area (Å²) in [5.74, 6) is 0.0750. The molecule has 5 nitrogen and oxygen atoms in total. The smallest absolute Gasteiger partial charge is 0.309 e. The second-order valence-electron chi connectivity index (χ2n) is 7.74. The van der Waals surface area contributed by atoms with Crippen molar-refractivity contribution in [3.8, 4) is 0 Å². The summed E-state index contributed by atoms with van der Waals surface area (Å²) in [6.07, 6.45) is 4.86. The van der Waals surface area contributed by atoms with Crippen molar-refractivity contribution < 1.29 is 14.3 Å². The lowest BCUT2D eigenvalue weighted by Crippen LogP contribution is -2.43. The highest BCUT2D eigenvalue weighted by Crippen LogP contribution is 2.22. The van der Waals surface area contributed by atoms with Gasteiger partial charge in [-0.2, -0.15) is 0 Å². The molecule has 2 saturated heterocycles. The maximum atomic E-state index is 12.5. The molecule has 2 aliphatic rings. The summed E-state index contributed by atoms with van der Waals surface area (Å²) in [5, 5.41) is 0. The third-order valence-corrected chi connectivity index (χ3v) is 5.84. The fourth-order valence-corrected chi connectivity index (χ4v) is 4.08. The van der Waals surface area contributed by atoms with Crippen LogP contribution in [0.2, 0.25) is 0 Å². The third kappa shape index (κ3) is 5.80. The molecule has 0 bridgehead atoms. The molecule has 1 unspecified atom stereocenters. The summed E-state index contributed by atoms with van der Waals surface area (Å²) in [7, 11) is 0. The van der Waals surface area contributed by atoms with Crippen LogP contribution in [0.25, 0.3) is 0 Å². The van der Waals surface area contributed by atoms with Gasteiger partial charge in [-0.1, -0.05) is 37.3 Å². The minimum Gasteiger partial charge on any atom is -0.461 e. The molecule has 0 N–H and O–H groups in total. The fourth-order valence-electron chi connectivity index (χ4n) is 4.08. The number of ether oxygens (including phenoxy) is 1. The van der Waals surface area contributed by atoms with Gasteiger partial charge in [-0.15, -0.1) is 0 Å². The molecule has 27 heavy (non-hydrogen) atoms. The number of carbonyl (C=O) groups is 2. The zero-order valence-electron chi connectivity index (χ0n) is 16.4. The molecule has 1 atom stereocenters. The number of benzene rings is 1. The lowest BCUT2D eigenvalue weighted by Gasteiger charge is -2.34. The molecular formula is C22H32N2O3. The Morgan fingerprint density at radius 3 is 2.52 bits per heavy atom. The Balaban J connectivity index is 1.39. The van der Waals surface area contributed by atoms with Crippen LogP contribution in [-0.2, 0) is 20.7 Å². The summed E-state index contributed by atoms with van der Waals surface area (Å²) in [6, 6.07) is 10.1. The molecule has 0 aliphatic carbocycles. The summed E-state index contributed by atoms with van der Waals surface area (Å²) in [4.78, 5) is 29.2. The Morgan fingerprint density at radius 2 is 1.81 bits per heavy atom. The quantitative estimate of drug-likeness (QED) is 0.721. The number of carbonyl (C=O) groups excluding carboxylic acids is 2. The van der Waals surface area contributed by atoms with Crippen LogP contribution in [0.15, 0.2) is 30.3 Å². The number of likely N-dealkylation sites (tertiary alicyclic amines) is 2. The van der Waals surface area contributed by atoms with Crippen LogP contribution in [0.1, 0.15) is 44.6 Å². The molecule has 1 amide bonds. The van der Waals surface area contributed by atoms with Crippen molar-refractivity contribution in [1.82, 2.24) is 9.80 Å². The summed E-state index contributed by atoms with van der Waals surface area (Å²) in [6.45, 7) is 6.46. The van der Waals surface area contributed by atoms with Gasteiger partial charge in [0.15, 0.2) is 0 Å². The minimum absolute atomic E-state index is 0.0386. The van der Waals surface area contributed by atoms with Gasteiger partial charge in [0.05, 0.1) is 5.92 Å². The predicted octanol–water partition coefficient (Wildman–Crippen LogP) is 2.89. The summed E-state index contributed by atoms with van der Waals surface area (Å²) < 4.78 is 5.78. The Hall–Kier alpha value is -1.88. The van der Waals surface area contributed by atoms with Gasteiger partial charge in [0.1, 0.15) is 6.10 Å². The molecule has 3 rings (SSSR count). The maximum Gasteiger partial charge on any atom is 0.309 e. The average molecular weight is 373 g/mol. The van der Waals surface area contributed by atoms with Crippen molar-refractivity contribution in [3.05, 3.63) is 35.9 Å². The molecule has 0 spiro atoms. The second kappa shape index (κ2) is 9.88. The highest BCUT2D eigenvalue weighted by molar-refractivity contribution is 5.77. The topological polar surface area (TPSA) is 49.9 Å². The van der Waals surface area contributed by atoms with E-state index >= 15 is 0 Å². The number of amides is 1. The zero-order valence-corrected chi connectivity index (χ0v) is 16.4. The van der Waals surface area contributed by atoms with Gasteiger partial charge in [0, 0.05) is 26.1 Å². The van der Waals surface area contributed by atoms with E-state index in [0.29, 0.717) is 19.5 Å². The van der Waals surface area contributed by atoms with Crippen LogP contribution in [0.4, 0.5) is 0 Å². The predicted molar refractivity (Wildman–Crippen MR) is 105 cm³/mol. The molecule has 1 aromatic rings. The van der Waals surface area contributed by atoms with Gasteiger partial charge in [-0.3, -0.25) is 14.5 Å². The molecular weight excluding hydrogens is 340 g/mol. The molecule has 1 aromatic carbocycles. The summed E-state index contributed by atoms with van der Waals surface area (Å²) >= 11 is 0. The van der Waals surface area contributed by atoms with E-state index in [2.05, 4.69) is 24.0 Å². The van der Waals surface area contributed by atoms with Gasteiger partial charge >= 0.3 is 5.97 Å². The molecule has 0 saturated carbocycles. The standard InChI is InChI=1S/C22H32N2O3/c1-2-23-14-6-9-20(17-23)27-22(26)19-12-15-24(16-13-19)21(25)11-10-18-7-4-3-5-8-18/h3-5,7-8,19-20H,2,6,9-17H2,1H3. The van der Waals surface area contributed by atoms with Gasteiger partial charge < -0.3 is 9.64 Å². The van der Waals surface area contributed by atoms with Crippen LogP contribution in [-0.4, -0.2) is 60.5 Å². The number of piperidine rings is 2. The highest BCUT2D eigenvalue weighted by Gasteiger charge is 2.30. The normalized spacial score (nSPS) is 21.8. The van der Waals surface area contributed by atoms with Crippen LogP contribution in [0.5, 0.6) is 0 Å². The molecule has 0 aromatic heterocycles.